The molecule has 1 aliphatic carbocycles. The lowest BCUT2D eigenvalue weighted by molar-refractivity contribution is 0.333. The molecule has 0 radical (unpaired) electrons. The molecule has 4 heteroatoms. The fourth-order valence-electron chi connectivity index (χ4n) is 2.99. The number of thioether (sulfide) groups is 1. The summed E-state index contributed by atoms with van der Waals surface area (Å²) >= 11 is 2.04. The van der Waals surface area contributed by atoms with E-state index in [0.717, 1.165) is 18.3 Å². The van der Waals surface area contributed by atoms with Gasteiger partial charge in [0.15, 0.2) is 0 Å². The smallest absolute Gasteiger partial charge is 0.0950 e. The molecule has 0 aromatic carbocycles. The lowest BCUT2D eigenvalue weighted by atomic mass is 9.93. The van der Waals surface area contributed by atoms with Gasteiger partial charge in [0.05, 0.1) is 6.33 Å². The van der Waals surface area contributed by atoms with Gasteiger partial charge in [0, 0.05) is 42.2 Å². The number of nitrogens with one attached hydrogen (secondary N) is 1. The monoisotopic (exact) mass is 251 g/mol. The zero-order chi connectivity index (χ0) is 11.7. The molecule has 17 heavy (non-hydrogen) atoms. The Labute approximate surface area is 107 Å². The summed E-state index contributed by atoms with van der Waals surface area (Å²) < 4.78 is 2.46. The molecule has 0 bridgehead atoms. The van der Waals surface area contributed by atoms with Gasteiger partial charge < -0.3 is 9.88 Å². The van der Waals surface area contributed by atoms with Crippen molar-refractivity contribution < 1.29 is 0 Å². The van der Waals surface area contributed by atoms with Gasteiger partial charge >= 0.3 is 0 Å². The van der Waals surface area contributed by atoms with Crippen LogP contribution in [0.2, 0.25) is 0 Å². The summed E-state index contributed by atoms with van der Waals surface area (Å²) in [6.45, 7) is 2.26. The molecule has 0 amide bonds. The first-order valence-electron chi connectivity index (χ1n) is 6.63. The molecule has 1 aromatic rings. The van der Waals surface area contributed by atoms with Crippen LogP contribution < -0.4 is 5.32 Å². The van der Waals surface area contributed by atoms with Crippen molar-refractivity contribution >= 4 is 11.8 Å². The highest BCUT2D eigenvalue weighted by atomic mass is 32.2. The quantitative estimate of drug-likeness (QED) is 0.895. The number of nitrogens with zero attached hydrogens (tertiary/aromatic N) is 2. The molecular formula is C13H21N3S. The second-order valence-electron chi connectivity index (χ2n) is 5.25. The van der Waals surface area contributed by atoms with Crippen molar-refractivity contribution in [3.05, 3.63) is 18.2 Å². The Balaban J connectivity index is 1.69. The Morgan fingerprint density at radius 1 is 1.29 bits per heavy atom. The molecule has 1 aromatic heterocycles. The van der Waals surface area contributed by atoms with Crippen LogP contribution in [-0.2, 0) is 0 Å². The second-order valence-corrected chi connectivity index (χ2v) is 6.39. The van der Waals surface area contributed by atoms with E-state index in [9.17, 15) is 0 Å². The van der Waals surface area contributed by atoms with Crippen LogP contribution in [0.15, 0.2) is 12.5 Å². The van der Waals surface area contributed by atoms with E-state index in [0.29, 0.717) is 12.0 Å². The Morgan fingerprint density at radius 2 is 2.06 bits per heavy atom. The van der Waals surface area contributed by atoms with Gasteiger partial charge in [0.25, 0.3) is 0 Å². The van der Waals surface area contributed by atoms with E-state index in [1.807, 2.05) is 11.8 Å². The molecule has 2 aliphatic rings. The third-order valence-electron chi connectivity index (χ3n) is 4.27. The Morgan fingerprint density at radius 3 is 2.65 bits per heavy atom. The van der Waals surface area contributed by atoms with Crippen molar-refractivity contribution in [3.63, 3.8) is 0 Å². The van der Waals surface area contributed by atoms with Crippen molar-refractivity contribution in [3.8, 4) is 0 Å². The molecule has 1 saturated carbocycles. The third-order valence-corrected chi connectivity index (χ3v) is 5.40. The largest absolute Gasteiger partial charge is 0.331 e. The first-order chi connectivity index (χ1) is 8.38. The second kappa shape index (κ2) is 5.02. The van der Waals surface area contributed by atoms with Gasteiger partial charge in [-0.15, -0.1) is 0 Å². The fraction of sp³-hybridized carbons (Fsp3) is 0.769. The van der Waals surface area contributed by atoms with E-state index in [1.165, 1.54) is 31.4 Å². The van der Waals surface area contributed by atoms with Crippen LogP contribution in [0, 0.1) is 0 Å². The minimum Gasteiger partial charge on any atom is -0.331 e. The average molecular weight is 251 g/mol. The van der Waals surface area contributed by atoms with Crippen LogP contribution in [0.3, 0.4) is 0 Å². The van der Waals surface area contributed by atoms with Crippen LogP contribution in [0.5, 0.6) is 0 Å². The molecule has 1 N–H and O–H groups in total. The summed E-state index contributed by atoms with van der Waals surface area (Å²) in [4.78, 5) is 4.37. The normalized spacial score (nSPS) is 30.2. The highest BCUT2D eigenvalue weighted by Gasteiger charge is 2.27. The predicted molar refractivity (Wildman–Crippen MR) is 72.6 cm³/mol. The van der Waals surface area contributed by atoms with E-state index in [1.54, 1.807) is 0 Å². The molecule has 3 nitrogen and oxygen atoms in total. The first kappa shape index (κ1) is 11.6. The summed E-state index contributed by atoms with van der Waals surface area (Å²) in [5.41, 5.74) is 1.45. The zero-order valence-corrected chi connectivity index (χ0v) is 11.2. The van der Waals surface area contributed by atoms with Gasteiger partial charge in [0.1, 0.15) is 0 Å². The van der Waals surface area contributed by atoms with Gasteiger partial charge in [-0.25, -0.2) is 4.98 Å². The van der Waals surface area contributed by atoms with Crippen LogP contribution >= 0.6 is 11.8 Å². The van der Waals surface area contributed by atoms with Crippen LogP contribution in [0.4, 0.5) is 0 Å². The van der Waals surface area contributed by atoms with Crippen molar-refractivity contribution in [1.82, 2.24) is 14.9 Å². The van der Waals surface area contributed by atoms with Crippen LogP contribution in [0.1, 0.15) is 43.3 Å². The SMILES string of the molecule is CSC1CCC(n2cncc2C2CNC2)CC1. The highest BCUT2D eigenvalue weighted by molar-refractivity contribution is 7.99. The maximum atomic E-state index is 4.37. The molecule has 0 atom stereocenters. The molecule has 0 spiro atoms. The number of aromatic nitrogens is 2. The molecular weight excluding hydrogens is 230 g/mol. The number of hydrogen-bond donors (Lipinski definition) is 1. The fourth-order valence-corrected chi connectivity index (χ4v) is 3.74. The van der Waals surface area contributed by atoms with E-state index in [4.69, 9.17) is 0 Å². The zero-order valence-electron chi connectivity index (χ0n) is 10.4. The topological polar surface area (TPSA) is 29.9 Å². The number of hydrogen-bond acceptors (Lipinski definition) is 3. The van der Waals surface area contributed by atoms with E-state index < -0.39 is 0 Å². The van der Waals surface area contributed by atoms with Crippen molar-refractivity contribution in [1.29, 1.82) is 0 Å². The van der Waals surface area contributed by atoms with Crippen LogP contribution in [-0.4, -0.2) is 34.1 Å². The molecule has 1 aliphatic heterocycles. The minimum absolute atomic E-state index is 0.704. The highest BCUT2D eigenvalue weighted by Crippen LogP contribution is 2.35. The molecule has 0 unspecified atom stereocenters. The van der Waals surface area contributed by atoms with Crippen molar-refractivity contribution in [2.75, 3.05) is 19.3 Å². The molecule has 2 fully saturated rings. The van der Waals surface area contributed by atoms with Gasteiger partial charge in [-0.2, -0.15) is 11.8 Å². The number of rotatable bonds is 3. The Hall–Kier alpha value is -0.480. The van der Waals surface area contributed by atoms with Crippen molar-refractivity contribution in [2.24, 2.45) is 0 Å². The van der Waals surface area contributed by atoms with Crippen molar-refractivity contribution in [2.45, 2.75) is 42.9 Å². The summed E-state index contributed by atoms with van der Waals surface area (Å²) in [6, 6.07) is 0.705. The maximum absolute atomic E-state index is 4.37. The minimum atomic E-state index is 0.704. The summed E-state index contributed by atoms with van der Waals surface area (Å²) in [5.74, 6) is 0.704. The third kappa shape index (κ3) is 2.25. The first-order valence-corrected chi connectivity index (χ1v) is 7.92. The summed E-state index contributed by atoms with van der Waals surface area (Å²) in [5, 5.41) is 4.24. The molecule has 3 rings (SSSR count). The van der Waals surface area contributed by atoms with Gasteiger partial charge in [-0.05, 0) is 31.9 Å². The predicted octanol–water partition coefficient (Wildman–Crippen LogP) is 2.42. The van der Waals surface area contributed by atoms with E-state index >= 15 is 0 Å². The molecule has 2 heterocycles. The molecule has 94 valence electrons. The molecule has 1 saturated heterocycles. The van der Waals surface area contributed by atoms with Crippen LogP contribution in [0.25, 0.3) is 0 Å². The standard InChI is InChI=1S/C13H21N3S/c1-17-12-4-2-11(3-5-12)16-9-15-8-13(16)10-6-14-7-10/h8-12,14H,2-7H2,1H3. The van der Waals surface area contributed by atoms with Gasteiger partial charge in [-0.1, -0.05) is 0 Å². The van der Waals surface area contributed by atoms with E-state index in [2.05, 4.69) is 33.6 Å². The lowest BCUT2D eigenvalue weighted by Gasteiger charge is -2.33. The maximum Gasteiger partial charge on any atom is 0.0950 e. The number of imidazole rings is 1. The van der Waals surface area contributed by atoms with E-state index in [-0.39, 0.29) is 0 Å². The van der Waals surface area contributed by atoms with Gasteiger partial charge in [-0.3, -0.25) is 0 Å². The average Bonchev–Trinajstić information content (AvgIpc) is 2.76. The lowest BCUT2D eigenvalue weighted by Crippen LogP contribution is -2.41. The van der Waals surface area contributed by atoms with Gasteiger partial charge in [0.2, 0.25) is 0 Å². The summed E-state index contributed by atoms with van der Waals surface area (Å²) in [7, 11) is 0. The summed E-state index contributed by atoms with van der Waals surface area (Å²) in [6.07, 6.45) is 11.8. The Kier molecular flexibility index (Phi) is 3.43. The Bertz CT molecular complexity index is 364.